The molecule has 0 spiro atoms. The van der Waals surface area contributed by atoms with Crippen molar-refractivity contribution in [2.24, 2.45) is 7.05 Å². The van der Waals surface area contributed by atoms with Gasteiger partial charge in [0.05, 0.1) is 18.2 Å². The van der Waals surface area contributed by atoms with E-state index >= 15 is 0 Å². The maximum absolute atomic E-state index is 12.7. The van der Waals surface area contributed by atoms with Gasteiger partial charge in [-0.1, -0.05) is 0 Å². The third-order valence-corrected chi connectivity index (χ3v) is 4.99. The van der Waals surface area contributed by atoms with Gasteiger partial charge in [0.1, 0.15) is 17.3 Å². The Labute approximate surface area is 184 Å². The number of aromatic amines is 1. The highest BCUT2D eigenvalue weighted by Crippen LogP contribution is 2.32. The molecule has 0 fully saturated rings. The lowest BCUT2D eigenvalue weighted by molar-refractivity contribution is -0.137. The number of aliphatic hydroxyl groups excluding tert-OH is 1. The summed E-state index contributed by atoms with van der Waals surface area (Å²) in [5.74, 6) is 1.04. The van der Waals surface area contributed by atoms with Gasteiger partial charge in [0.2, 0.25) is 0 Å². The summed E-state index contributed by atoms with van der Waals surface area (Å²) in [6, 6.07) is 10.9. The van der Waals surface area contributed by atoms with Gasteiger partial charge in [-0.2, -0.15) is 13.2 Å². The lowest BCUT2D eigenvalue weighted by Gasteiger charge is -2.09. The topological polar surface area (TPSA) is 102 Å². The Kier molecular flexibility index (Phi) is 5.58. The summed E-state index contributed by atoms with van der Waals surface area (Å²) in [5, 5.41) is 9.70. The second kappa shape index (κ2) is 8.24. The van der Waals surface area contributed by atoms with Crippen molar-refractivity contribution in [3.63, 3.8) is 0 Å². The summed E-state index contributed by atoms with van der Waals surface area (Å²) in [6.07, 6.45) is -5.25. The van der Waals surface area contributed by atoms with Crippen LogP contribution in [0.3, 0.4) is 0 Å². The van der Waals surface area contributed by atoms with E-state index in [-0.39, 0.29) is 23.5 Å². The fourth-order valence-electron chi connectivity index (χ4n) is 3.46. The molecule has 0 radical (unpaired) electrons. The number of hydrogen-bond acceptors (Lipinski definition) is 5. The maximum Gasteiger partial charge on any atom is 0.416 e. The van der Waals surface area contributed by atoms with Crippen LogP contribution >= 0.6 is 0 Å². The quantitative estimate of drug-likeness (QED) is 0.476. The number of aryl methyl sites for hydroxylation is 1. The molecule has 2 heterocycles. The Morgan fingerprint density at radius 2 is 1.64 bits per heavy atom. The average Bonchev–Trinajstić information content (AvgIpc) is 3.09. The molecule has 2 N–H and O–H groups in total. The van der Waals surface area contributed by atoms with Crippen molar-refractivity contribution in [3.05, 3.63) is 74.9 Å². The summed E-state index contributed by atoms with van der Waals surface area (Å²) >= 11 is 0. The molecule has 172 valence electrons. The second-order valence-electron chi connectivity index (χ2n) is 7.53. The van der Waals surface area contributed by atoms with Crippen LogP contribution in [0, 0.1) is 0 Å². The Bertz CT molecular complexity index is 1420. The number of halogens is 3. The zero-order chi connectivity index (χ0) is 23.9. The third kappa shape index (κ3) is 4.40. The number of nitrogens with one attached hydrogen (secondary N) is 1. The van der Waals surface area contributed by atoms with Gasteiger partial charge >= 0.3 is 11.9 Å². The first-order valence-corrected chi connectivity index (χ1v) is 9.88. The van der Waals surface area contributed by atoms with E-state index in [1.54, 1.807) is 31.3 Å². The van der Waals surface area contributed by atoms with E-state index in [0.29, 0.717) is 17.1 Å². The monoisotopic (exact) mass is 460 g/mol. The molecule has 4 rings (SSSR count). The van der Waals surface area contributed by atoms with Crippen LogP contribution in [0.5, 0.6) is 11.5 Å². The molecule has 4 aromatic rings. The summed E-state index contributed by atoms with van der Waals surface area (Å²) in [5.41, 5.74) is -1.10. The number of H-pyrrole nitrogens is 1. The Hall–Kier alpha value is -3.86. The Morgan fingerprint density at radius 3 is 2.18 bits per heavy atom. The predicted molar refractivity (Wildman–Crippen MR) is 114 cm³/mol. The van der Waals surface area contributed by atoms with E-state index in [1.165, 1.54) is 28.2 Å². The number of nitrogens with zero attached hydrogens (tertiary/aromatic N) is 3. The van der Waals surface area contributed by atoms with Crippen LogP contribution in [0.2, 0.25) is 0 Å². The van der Waals surface area contributed by atoms with Crippen LogP contribution < -0.4 is 16.0 Å². The van der Waals surface area contributed by atoms with E-state index in [2.05, 4.69) is 9.97 Å². The van der Waals surface area contributed by atoms with E-state index in [1.807, 2.05) is 0 Å². The van der Waals surface area contributed by atoms with Crippen LogP contribution in [0.15, 0.2) is 58.1 Å². The molecule has 11 heteroatoms. The number of fused-ring (bicyclic) bond motifs is 1. The zero-order valence-corrected chi connectivity index (χ0v) is 17.6. The summed E-state index contributed by atoms with van der Waals surface area (Å²) in [7, 11) is 1.63. The molecule has 0 saturated carbocycles. The number of aliphatic hydroxyl groups is 1. The zero-order valence-electron chi connectivity index (χ0n) is 17.6. The fraction of sp³-hybridized carbons (Fsp3) is 0.227. The van der Waals surface area contributed by atoms with Crippen molar-refractivity contribution >= 4 is 11.2 Å². The van der Waals surface area contributed by atoms with E-state index in [0.717, 1.165) is 12.1 Å². The highest BCUT2D eigenvalue weighted by Gasteiger charge is 2.30. The largest absolute Gasteiger partial charge is 0.457 e. The minimum absolute atomic E-state index is 0.0392. The van der Waals surface area contributed by atoms with Crippen molar-refractivity contribution < 1.29 is 23.0 Å². The van der Waals surface area contributed by atoms with Crippen molar-refractivity contribution in [2.75, 3.05) is 0 Å². The molecular weight excluding hydrogens is 441 g/mol. The molecule has 0 aliphatic rings. The van der Waals surface area contributed by atoms with E-state index in [4.69, 9.17) is 4.74 Å². The van der Waals surface area contributed by atoms with Gasteiger partial charge in [-0.15, -0.1) is 0 Å². The first kappa shape index (κ1) is 22.3. The number of alkyl halides is 3. The minimum Gasteiger partial charge on any atom is -0.457 e. The molecule has 1 unspecified atom stereocenters. The van der Waals surface area contributed by atoms with Crippen LogP contribution in [0.25, 0.3) is 22.6 Å². The minimum atomic E-state index is -4.42. The van der Waals surface area contributed by atoms with Gasteiger partial charge in [0.25, 0.3) is 5.56 Å². The van der Waals surface area contributed by atoms with Gasteiger partial charge in [0, 0.05) is 12.6 Å². The van der Waals surface area contributed by atoms with Crippen LogP contribution in [0.4, 0.5) is 13.2 Å². The van der Waals surface area contributed by atoms with E-state index in [9.17, 15) is 27.9 Å². The predicted octanol–water partition coefficient (Wildman–Crippen LogP) is 3.28. The third-order valence-electron chi connectivity index (χ3n) is 4.99. The normalized spacial score (nSPS) is 12.8. The van der Waals surface area contributed by atoms with Crippen LogP contribution in [0.1, 0.15) is 12.5 Å². The Balaban J connectivity index is 1.66. The molecule has 0 aliphatic carbocycles. The second-order valence-corrected chi connectivity index (χ2v) is 7.53. The number of rotatable bonds is 5. The molecule has 0 saturated heterocycles. The van der Waals surface area contributed by atoms with E-state index < -0.39 is 29.1 Å². The smallest absolute Gasteiger partial charge is 0.416 e. The molecule has 2 aromatic carbocycles. The van der Waals surface area contributed by atoms with Gasteiger partial charge < -0.3 is 14.4 Å². The number of ether oxygens (including phenoxy) is 1. The van der Waals surface area contributed by atoms with Gasteiger partial charge in [-0.05, 0) is 55.5 Å². The lowest BCUT2D eigenvalue weighted by Crippen LogP contribution is -2.33. The number of aromatic nitrogens is 4. The summed E-state index contributed by atoms with van der Waals surface area (Å²) in [6.45, 7) is 1.48. The Morgan fingerprint density at radius 1 is 1.06 bits per heavy atom. The first-order valence-electron chi connectivity index (χ1n) is 9.88. The van der Waals surface area contributed by atoms with Crippen LogP contribution in [-0.4, -0.2) is 30.3 Å². The van der Waals surface area contributed by atoms with Crippen molar-refractivity contribution in [3.8, 4) is 22.9 Å². The molecule has 2 aromatic heterocycles. The van der Waals surface area contributed by atoms with Gasteiger partial charge in [0.15, 0.2) is 11.2 Å². The lowest BCUT2D eigenvalue weighted by atomic mass is 10.2. The number of imidazole rings is 1. The summed E-state index contributed by atoms with van der Waals surface area (Å²) < 4.78 is 46.4. The van der Waals surface area contributed by atoms with Gasteiger partial charge in [-0.3, -0.25) is 14.3 Å². The highest BCUT2D eigenvalue weighted by molar-refractivity contribution is 5.76. The summed E-state index contributed by atoms with van der Waals surface area (Å²) in [4.78, 5) is 31.3. The van der Waals surface area contributed by atoms with Crippen LogP contribution in [-0.2, 0) is 19.8 Å². The first-order chi connectivity index (χ1) is 15.5. The molecule has 0 amide bonds. The SMILES string of the molecule is CC(O)Cn1c(=O)[nH]c(=O)c2c1nc(-c1ccc(Oc3ccc(C(F)(F)F)cc3)cc1)n2C. The fourth-order valence-corrected chi connectivity index (χ4v) is 3.46. The molecule has 0 aliphatic heterocycles. The van der Waals surface area contributed by atoms with Crippen molar-refractivity contribution in [1.82, 2.24) is 19.1 Å². The highest BCUT2D eigenvalue weighted by atomic mass is 19.4. The van der Waals surface area contributed by atoms with Crippen molar-refractivity contribution in [1.29, 1.82) is 0 Å². The molecule has 8 nitrogen and oxygen atoms in total. The average molecular weight is 460 g/mol. The molecule has 1 atom stereocenters. The maximum atomic E-state index is 12.7. The molecule has 33 heavy (non-hydrogen) atoms. The standard InChI is InChI=1S/C22H19F3N4O4/c1-12(30)11-29-19-17(20(31)27-21(29)32)28(2)18(26-19)13-3-7-15(8-4-13)33-16-9-5-14(6-10-16)22(23,24)25/h3-10,12,30H,11H2,1-2H3,(H,27,31,32). The molecular formula is C22H19F3N4O4. The molecule has 0 bridgehead atoms. The van der Waals surface area contributed by atoms with Gasteiger partial charge in [-0.25, -0.2) is 9.78 Å². The van der Waals surface area contributed by atoms with Crippen molar-refractivity contribution in [2.45, 2.75) is 25.7 Å². The number of hydrogen-bond donors (Lipinski definition) is 2. The number of benzene rings is 2.